The lowest BCUT2D eigenvalue weighted by molar-refractivity contribution is -0.416. The van der Waals surface area contributed by atoms with Gasteiger partial charge in [0.2, 0.25) is 5.91 Å². The van der Waals surface area contributed by atoms with E-state index in [1.165, 1.54) is 0 Å². The molecule has 0 aromatic carbocycles. The molecular formula is C13H23F3N2O8S2. The molecule has 10 nitrogen and oxygen atoms in total. The van der Waals surface area contributed by atoms with Crippen molar-refractivity contribution in [3.05, 3.63) is 0 Å². The number of aliphatic carboxylic acids is 2. The van der Waals surface area contributed by atoms with Crippen LogP contribution in [0.5, 0.6) is 0 Å². The highest BCUT2D eigenvalue weighted by Crippen LogP contribution is 2.12. The second kappa shape index (κ2) is 12.1. The molecule has 1 amide bonds. The molecule has 0 aliphatic carbocycles. The summed E-state index contributed by atoms with van der Waals surface area (Å²) in [5, 5.41) is 19.3. The predicted molar refractivity (Wildman–Crippen MR) is 90.6 cm³/mol. The fraction of sp³-hybridized carbons (Fsp3) is 0.769. The van der Waals surface area contributed by atoms with Gasteiger partial charge in [0.05, 0.1) is 5.75 Å². The van der Waals surface area contributed by atoms with E-state index in [2.05, 4.69) is 23.7 Å². The Morgan fingerprint density at radius 3 is 2.00 bits per heavy atom. The Labute approximate surface area is 164 Å². The molecule has 0 aliphatic heterocycles. The van der Waals surface area contributed by atoms with E-state index in [0.29, 0.717) is 6.42 Å². The number of nitrogens with one attached hydrogen (secondary N) is 1. The summed E-state index contributed by atoms with van der Waals surface area (Å²) in [5.41, 5.74) is 3.62. The molecule has 15 heteroatoms. The number of quaternary nitrogens is 1. The molecule has 0 aliphatic rings. The first-order valence-corrected chi connectivity index (χ1v) is 9.84. The van der Waals surface area contributed by atoms with Gasteiger partial charge in [0.15, 0.2) is 0 Å². The van der Waals surface area contributed by atoms with Crippen molar-refractivity contribution in [2.75, 3.05) is 5.75 Å². The molecule has 0 heterocycles. The van der Waals surface area contributed by atoms with Crippen LogP contribution < -0.4 is 16.2 Å². The standard InChI is InChI=1S/C11H22N2O6S2.C2HF3O2/c1-3-6(2)8(11(15)16)13-10(14)9(20)7(12)4-5-21(17,18)19;3-2(4,5)1(6)7/h6-9,20H,3-5,12H2,1-2H3,(H,13,14)(H,15,16)(H,17,18,19);(H,6,7)/t6-,7+,8-,9+;/m0./s1. The van der Waals surface area contributed by atoms with Gasteiger partial charge < -0.3 is 26.1 Å². The molecule has 0 saturated carbocycles. The van der Waals surface area contributed by atoms with Crippen LogP contribution in [0.1, 0.15) is 26.7 Å². The van der Waals surface area contributed by atoms with Crippen LogP contribution >= 0.6 is 12.6 Å². The van der Waals surface area contributed by atoms with Crippen LogP contribution in [-0.2, 0) is 24.5 Å². The van der Waals surface area contributed by atoms with Crippen molar-refractivity contribution in [2.45, 2.75) is 50.2 Å². The average molecular weight is 456 g/mol. The van der Waals surface area contributed by atoms with Gasteiger partial charge >= 0.3 is 12.1 Å². The lowest BCUT2D eigenvalue weighted by Crippen LogP contribution is -2.68. The number of amides is 1. The number of alkyl halides is 3. The van der Waals surface area contributed by atoms with E-state index < -0.39 is 57.2 Å². The Bertz CT molecular complexity index is 642. The summed E-state index contributed by atoms with van der Waals surface area (Å²) in [5.74, 6) is -5.56. The zero-order chi connectivity index (χ0) is 22.9. The van der Waals surface area contributed by atoms with Gasteiger partial charge in [-0.1, -0.05) is 20.3 Å². The monoisotopic (exact) mass is 456 g/mol. The summed E-state index contributed by atoms with van der Waals surface area (Å²) < 4.78 is 61.5. The van der Waals surface area contributed by atoms with Gasteiger partial charge in [0.1, 0.15) is 23.3 Å². The van der Waals surface area contributed by atoms with Gasteiger partial charge in [0, 0.05) is 6.42 Å². The quantitative estimate of drug-likeness (QED) is 0.196. The predicted octanol–water partition coefficient (Wildman–Crippen LogP) is -1.91. The Morgan fingerprint density at radius 2 is 1.71 bits per heavy atom. The van der Waals surface area contributed by atoms with Crippen molar-refractivity contribution in [1.29, 1.82) is 0 Å². The molecule has 0 bridgehead atoms. The maximum absolute atomic E-state index is 11.9. The number of carbonyl (C=O) groups excluding carboxylic acids is 2. The van der Waals surface area contributed by atoms with Gasteiger partial charge in [0.25, 0.3) is 10.1 Å². The smallest absolute Gasteiger partial charge is 0.430 e. The summed E-state index contributed by atoms with van der Waals surface area (Å²) >= 11 is 4.05. The Hall–Kier alpha value is -1.58. The van der Waals surface area contributed by atoms with Crippen molar-refractivity contribution < 1.29 is 56.5 Å². The van der Waals surface area contributed by atoms with Crippen molar-refractivity contribution in [3.63, 3.8) is 0 Å². The average Bonchev–Trinajstić information content (AvgIpc) is 2.54. The molecule has 6 N–H and O–H groups in total. The van der Waals surface area contributed by atoms with Crippen LogP contribution in [0.2, 0.25) is 0 Å². The van der Waals surface area contributed by atoms with E-state index in [-0.39, 0.29) is 12.3 Å². The number of carbonyl (C=O) groups is 3. The summed E-state index contributed by atoms with van der Waals surface area (Å²) in [4.78, 5) is 31.8. The van der Waals surface area contributed by atoms with Gasteiger partial charge in [-0.3, -0.25) is 9.35 Å². The number of carboxylic acids is 2. The molecule has 0 aromatic heterocycles. The number of hydrogen-bond donors (Lipinski definition) is 5. The van der Waals surface area contributed by atoms with Crippen molar-refractivity contribution in [3.8, 4) is 0 Å². The van der Waals surface area contributed by atoms with Gasteiger partial charge in [-0.2, -0.15) is 34.2 Å². The fourth-order valence-electron chi connectivity index (χ4n) is 1.59. The third-order valence-electron chi connectivity index (χ3n) is 3.47. The summed E-state index contributed by atoms with van der Waals surface area (Å²) in [6.45, 7) is 3.51. The second-order valence-corrected chi connectivity index (χ2v) is 7.90. The molecule has 0 unspecified atom stereocenters. The largest absolute Gasteiger partial charge is 0.542 e. The van der Waals surface area contributed by atoms with E-state index in [1.54, 1.807) is 13.8 Å². The highest BCUT2D eigenvalue weighted by molar-refractivity contribution is 7.85. The van der Waals surface area contributed by atoms with E-state index in [0.717, 1.165) is 0 Å². The summed E-state index contributed by atoms with van der Waals surface area (Å²) in [6, 6.07) is -1.72. The van der Waals surface area contributed by atoms with Crippen molar-refractivity contribution in [2.24, 2.45) is 5.92 Å². The topological polar surface area (TPSA) is 189 Å². The lowest BCUT2D eigenvalue weighted by atomic mass is 9.99. The van der Waals surface area contributed by atoms with Crippen molar-refractivity contribution >= 4 is 40.6 Å². The third-order valence-corrected chi connectivity index (χ3v) is 4.88. The molecular weight excluding hydrogens is 433 g/mol. The van der Waals surface area contributed by atoms with Gasteiger partial charge in [-0.05, 0) is 5.92 Å². The normalized spacial score (nSPS) is 16.0. The maximum atomic E-state index is 11.9. The summed E-state index contributed by atoms with van der Waals surface area (Å²) in [7, 11) is -4.13. The summed E-state index contributed by atoms with van der Waals surface area (Å²) in [6.07, 6.45) is -4.67. The Kier molecular flexibility index (Phi) is 12.4. The minimum absolute atomic E-state index is 0.0541. The first kappa shape index (κ1) is 28.6. The van der Waals surface area contributed by atoms with Crippen LogP contribution in [-0.4, -0.2) is 65.2 Å². The van der Waals surface area contributed by atoms with Crippen molar-refractivity contribution in [1.82, 2.24) is 5.32 Å². The number of carboxylic acid groups (broad SMARTS) is 2. The molecule has 0 radical (unpaired) electrons. The molecule has 28 heavy (non-hydrogen) atoms. The van der Waals surface area contributed by atoms with Crippen LogP contribution in [0.15, 0.2) is 0 Å². The van der Waals surface area contributed by atoms with E-state index >= 15 is 0 Å². The SMILES string of the molecule is CC[C@H](C)[C@H](NC(=O)[C@H](S)[C@H]([NH3+])CCS(=O)(=O)O)C(=O)O.O=C([O-])C(F)(F)F. The molecule has 0 spiro atoms. The van der Waals surface area contributed by atoms with Crippen LogP contribution in [0, 0.1) is 5.92 Å². The maximum Gasteiger partial charge on any atom is 0.430 e. The lowest BCUT2D eigenvalue weighted by Gasteiger charge is -2.23. The highest BCUT2D eigenvalue weighted by atomic mass is 32.2. The first-order chi connectivity index (χ1) is 12.4. The number of hydrogen-bond acceptors (Lipinski definition) is 7. The van der Waals surface area contributed by atoms with Crippen LogP contribution in [0.25, 0.3) is 0 Å². The molecule has 166 valence electrons. The molecule has 0 fully saturated rings. The minimum atomic E-state index is -5.19. The zero-order valence-corrected chi connectivity index (χ0v) is 16.7. The first-order valence-electron chi connectivity index (χ1n) is 7.71. The zero-order valence-electron chi connectivity index (χ0n) is 15.0. The molecule has 0 saturated heterocycles. The highest BCUT2D eigenvalue weighted by Gasteiger charge is 2.31. The van der Waals surface area contributed by atoms with E-state index in [9.17, 15) is 31.2 Å². The van der Waals surface area contributed by atoms with Gasteiger partial charge in [-0.25, -0.2) is 4.79 Å². The van der Waals surface area contributed by atoms with Gasteiger partial charge in [-0.15, -0.1) is 0 Å². The van der Waals surface area contributed by atoms with Crippen LogP contribution in [0.4, 0.5) is 13.2 Å². The third kappa shape index (κ3) is 12.7. The molecule has 0 aromatic rings. The van der Waals surface area contributed by atoms with E-state index in [4.69, 9.17) is 19.6 Å². The fourth-order valence-corrected chi connectivity index (χ4v) is 2.42. The Balaban J connectivity index is 0. The molecule has 4 atom stereocenters. The second-order valence-electron chi connectivity index (χ2n) is 5.77. The molecule has 0 rings (SSSR count). The number of thiol groups is 1. The van der Waals surface area contributed by atoms with Crippen LogP contribution in [0.3, 0.4) is 0 Å². The Morgan fingerprint density at radius 1 is 1.29 bits per heavy atom. The number of rotatable bonds is 9. The number of halogens is 3. The van der Waals surface area contributed by atoms with E-state index in [1.807, 2.05) is 0 Å². The minimum Gasteiger partial charge on any atom is -0.542 e.